The van der Waals surface area contributed by atoms with Crippen molar-refractivity contribution in [3.63, 3.8) is 0 Å². The van der Waals surface area contributed by atoms with Crippen LogP contribution >= 0.6 is 0 Å². The zero-order chi connectivity index (χ0) is 12.7. The van der Waals surface area contributed by atoms with Crippen LogP contribution < -0.4 is 26.8 Å². The SMILES string of the molecule is COc1ccc(/C=[NH+]/N=C(\N)C([S-])NN)cc1. The fourth-order valence-electron chi connectivity index (χ4n) is 1.03. The molecule has 7 heteroatoms. The molecule has 1 atom stereocenters. The van der Waals surface area contributed by atoms with E-state index in [2.05, 4.69) is 15.6 Å². The number of benzene rings is 1. The van der Waals surface area contributed by atoms with Crippen molar-refractivity contribution in [2.45, 2.75) is 5.37 Å². The van der Waals surface area contributed by atoms with Crippen LogP contribution in [0.5, 0.6) is 5.75 Å². The van der Waals surface area contributed by atoms with E-state index in [1.165, 1.54) is 0 Å². The Hall–Kier alpha value is -1.57. The molecule has 17 heavy (non-hydrogen) atoms. The average molecular weight is 253 g/mol. The number of nitrogens with two attached hydrogens (primary N) is 2. The number of nitrogens with zero attached hydrogens (tertiary/aromatic N) is 1. The van der Waals surface area contributed by atoms with Gasteiger partial charge in [-0.25, -0.2) is 0 Å². The lowest BCUT2D eigenvalue weighted by atomic mass is 10.2. The second-order valence-corrected chi connectivity index (χ2v) is 3.60. The van der Waals surface area contributed by atoms with Crippen molar-refractivity contribution in [1.29, 1.82) is 0 Å². The predicted molar refractivity (Wildman–Crippen MR) is 69.2 cm³/mol. The molecule has 6 nitrogen and oxygen atoms in total. The summed E-state index contributed by atoms with van der Waals surface area (Å²) in [5, 5.41) is 5.94. The van der Waals surface area contributed by atoms with Crippen molar-refractivity contribution in [2.75, 3.05) is 7.11 Å². The van der Waals surface area contributed by atoms with Gasteiger partial charge < -0.3 is 23.1 Å². The van der Waals surface area contributed by atoms with Gasteiger partial charge in [0.1, 0.15) is 5.75 Å². The molecule has 0 bridgehead atoms. The van der Waals surface area contributed by atoms with E-state index < -0.39 is 5.37 Å². The summed E-state index contributed by atoms with van der Waals surface area (Å²) in [5.74, 6) is 6.12. The summed E-state index contributed by atoms with van der Waals surface area (Å²) in [5.41, 5.74) is 8.79. The van der Waals surface area contributed by atoms with Crippen LogP contribution in [-0.4, -0.2) is 24.5 Å². The predicted octanol–water partition coefficient (Wildman–Crippen LogP) is -2.20. The number of hydrogen-bond donors (Lipinski definition) is 4. The van der Waals surface area contributed by atoms with Crippen molar-refractivity contribution in [3.8, 4) is 5.75 Å². The lowest BCUT2D eigenvalue weighted by molar-refractivity contribution is -0.456. The molecule has 0 heterocycles. The summed E-state index contributed by atoms with van der Waals surface area (Å²) >= 11 is 4.86. The van der Waals surface area contributed by atoms with Crippen LogP contribution in [0.4, 0.5) is 0 Å². The molecule has 0 saturated heterocycles. The third kappa shape index (κ3) is 4.43. The second kappa shape index (κ2) is 6.89. The molecule has 92 valence electrons. The lowest BCUT2D eigenvalue weighted by Crippen LogP contribution is -2.64. The zero-order valence-electron chi connectivity index (χ0n) is 9.38. The highest BCUT2D eigenvalue weighted by atomic mass is 32.1. The van der Waals surface area contributed by atoms with Gasteiger partial charge in [-0.1, -0.05) is 0 Å². The molecule has 6 N–H and O–H groups in total. The first-order valence-electron chi connectivity index (χ1n) is 4.85. The normalized spacial score (nSPS) is 13.9. The maximum Gasteiger partial charge on any atom is 0.200 e. The minimum atomic E-state index is -0.591. The van der Waals surface area contributed by atoms with Crippen molar-refractivity contribution >= 4 is 24.7 Å². The molecule has 0 aromatic heterocycles. The monoisotopic (exact) mass is 253 g/mol. The van der Waals surface area contributed by atoms with Crippen LogP contribution in [-0.2, 0) is 12.6 Å². The van der Waals surface area contributed by atoms with Gasteiger partial charge in [0.05, 0.1) is 7.11 Å². The number of hydrazine groups is 1. The Balaban J connectivity index is 2.64. The number of hydrogen-bond acceptors (Lipinski definition) is 5. The second-order valence-electron chi connectivity index (χ2n) is 3.13. The third-order valence-electron chi connectivity index (χ3n) is 1.96. The molecule has 1 aromatic rings. The van der Waals surface area contributed by atoms with Crippen LogP contribution in [0.1, 0.15) is 5.56 Å². The van der Waals surface area contributed by atoms with Crippen molar-refractivity contribution in [2.24, 2.45) is 16.7 Å². The number of ether oxygens (including phenoxy) is 1. The van der Waals surface area contributed by atoms with Crippen LogP contribution in [0.3, 0.4) is 0 Å². The summed E-state index contributed by atoms with van der Waals surface area (Å²) in [7, 11) is 1.62. The van der Waals surface area contributed by atoms with E-state index in [9.17, 15) is 0 Å². The highest BCUT2D eigenvalue weighted by molar-refractivity contribution is 7.60. The minimum Gasteiger partial charge on any atom is -0.765 e. The Morgan fingerprint density at radius 1 is 1.53 bits per heavy atom. The highest BCUT2D eigenvalue weighted by Crippen LogP contribution is 2.08. The molecule has 1 rings (SSSR count). The van der Waals surface area contributed by atoms with Crippen molar-refractivity contribution in [3.05, 3.63) is 29.8 Å². The van der Waals surface area contributed by atoms with Gasteiger partial charge in [-0.3, -0.25) is 11.3 Å². The van der Waals surface area contributed by atoms with E-state index in [4.69, 9.17) is 28.9 Å². The van der Waals surface area contributed by atoms with Crippen LogP contribution in [0.15, 0.2) is 29.4 Å². The first kappa shape index (κ1) is 13.5. The molecule has 0 aliphatic heterocycles. The molecule has 1 unspecified atom stereocenters. The van der Waals surface area contributed by atoms with E-state index in [1.807, 2.05) is 24.3 Å². The van der Waals surface area contributed by atoms with Gasteiger partial charge in [-0.15, -0.1) is 5.10 Å². The van der Waals surface area contributed by atoms with E-state index in [0.29, 0.717) is 0 Å². The quantitative estimate of drug-likeness (QED) is 0.157. The maximum absolute atomic E-state index is 5.54. The zero-order valence-corrected chi connectivity index (χ0v) is 10.2. The summed E-state index contributed by atoms with van der Waals surface area (Å²) in [4.78, 5) is 0. The Labute approximate surface area is 105 Å². The molecule has 0 saturated carbocycles. The average Bonchev–Trinajstić information content (AvgIpc) is 2.38. The fourth-order valence-corrected chi connectivity index (χ4v) is 1.08. The van der Waals surface area contributed by atoms with Crippen molar-refractivity contribution < 1.29 is 9.84 Å². The van der Waals surface area contributed by atoms with Crippen molar-refractivity contribution in [1.82, 2.24) is 5.43 Å². The molecule has 0 spiro atoms. The van der Waals surface area contributed by atoms with Gasteiger partial charge in [0.2, 0.25) is 6.21 Å². The third-order valence-corrected chi connectivity index (χ3v) is 2.34. The summed E-state index contributed by atoms with van der Waals surface area (Å²) < 4.78 is 5.04. The van der Waals surface area contributed by atoms with Gasteiger partial charge in [-0.05, 0) is 29.6 Å². The Bertz CT molecular complexity index is 404. The van der Waals surface area contributed by atoms with E-state index >= 15 is 0 Å². The number of hydrazone groups is 1. The van der Waals surface area contributed by atoms with E-state index in [0.717, 1.165) is 11.3 Å². The van der Waals surface area contributed by atoms with Gasteiger partial charge in [0.15, 0.2) is 5.84 Å². The van der Waals surface area contributed by atoms with Crippen LogP contribution in [0.25, 0.3) is 0 Å². The lowest BCUT2D eigenvalue weighted by Gasteiger charge is -2.17. The smallest absolute Gasteiger partial charge is 0.200 e. The first-order chi connectivity index (χ1) is 8.17. The first-order valence-corrected chi connectivity index (χ1v) is 5.32. The van der Waals surface area contributed by atoms with Gasteiger partial charge in [0.25, 0.3) is 0 Å². The Morgan fingerprint density at radius 3 is 2.71 bits per heavy atom. The molecule has 0 fully saturated rings. The summed E-state index contributed by atoms with van der Waals surface area (Å²) in [6.07, 6.45) is 1.69. The molecule has 1 aromatic carbocycles. The van der Waals surface area contributed by atoms with Gasteiger partial charge in [-0.2, -0.15) is 0 Å². The number of rotatable bonds is 5. The molecule has 0 radical (unpaired) electrons. The van der Waals surface area contributed by atoms with E-state index in [-0.39, 0.29) is 5.84 Å². The minimum absolute atomic E-state index is 0.201. The van der Waals surface area contributed by atoms with Crippen LogP contribution in [0.2, 0.25) is 0 Å². The molecular formula is C10H15N5OS. The standard InChI is InChI=1S/C10H15N5OS/c1-16-8-4-2-7(3-5-8)6-13-15-9(11)10(17)14-12/h2-6,10,14,17H,12H2,1H3,(H2,11,15)/b13-6+. The molecule has 0 aliphatic rings. The summed E-state index contributed by atoms with van der Waals surface area (Å²) in [6.45, 7) is 0. The molecular weight excluding hydrogens is 238 g/mol. The topological polar surface area (TPSA) is 99.6 Å². The summed E-state index contributed by atoms with van der Waals surface area (Å²) in [6, 6.07) is 7.45. The Kier molecular flexibility index (Phi) is 5.47. The van der Waals surface area contributed by atoms with Crippen LogP contribution in [0, 0.1) is 0 Å². The maximum atomic E-state index is 5.54. The largest absolute Gasteiger partial charge is 0.765 e. The molecule has 0 aliphatic carbocycles. The van der Waals surface area contributed by atoms with Gasteiger partial charge >= 0.3 is 0 Å². The van der Waals surface area contributed by atoms with Gasteiger partial charge in [0, 0.05) is 10.7 Å². The number of methoxy groups -OCH3 is 1. The fraction of sp³-hybridized carbons (Fsp3) is 0.200. The highest BCUT2D eigenvalue weighted by Gasteiger charge is 1.97. The van der Waals surface area contributed by atoms with E-state index in [1.54, 1.807) is 13.3 Å². The molecule has 0 amide bonds. The number of amidine groups is 1. The Morgan fingerprint density at radius 2 is 2.18 bits per heavy atom. The number of nitrogens with one attached hydrogen (secondary N) is 2.